The molecule has 0 radical (unpaired) electrons. The summed E-state index contributed by atoms with van der Waals surface area (Å²) in [6, 6.07) is -0.516. The van der Waals surface area contributed by atoms with E-state index in [1.807, 2.05) is 0 Å². The fourth-order valence-electron chi connectivity index (χ4n) is 4.44. The van der Waals surface area contributed by atoms with Crippen molar-refractivity contribution in [3.63, 3.8) is 0 Å². The first-order valence-corrected chi connectivity index (χ1v) is 9.19. The van der Waals surface area contributed by atoms with E-state index in [9.17, 15) is 14.4 Å². The van der Waals surface area contributed by atoms with Gasteiger partial charge in [0.1, 0.15) is 12.1 Å². The zero-order valence-electron chi connectivity index (χ0n) is 14.6. The standard InChI is InChI=1S/C17H28N4O3.ClH/c18-10-13(12-6-2-1-3-7-12)19-14(22)11-21-15(23)17(20-16(21)24)8-4-5-9-17;/h12-13H,1-11,18H2,(H,19,22)(H,20,24);1H. The Kier molecular flexibility index (Phi) is 6.68. The molecule has 0 bridgehead atoms. The Balaban J connectivity index is 0.00000225. The molecule has 7 nitrogen and oxygen atoms in total. The molecular formula is C17H29ClN4O3. The summed E-state index contributed by atoms with van der Waals surface area (Å²) in [7, 11) is 0. The monoisotopic (exact) mass is 372 g/mol. The maximum atomic E-state index is 12.6. The number of amides is 4. The molecule has 142 valence electrons. The molecular weight excluding hydrogens is 344 g/mol. The number of rotatable bonds is 5. The van der Waals surface area contributed by atoms with Crippen LogP contribution in [0.15, 0.2) is 0 Å². The maximum Gasteiger partial charge on any atom is 0.325 e. The highest BCUT2D eigenvalue weighted by molar-refractivity contribution is 6.09. The molecule has 3 rings (SSSR count). The van der Waals surface area contributed by atoms with Gasteiger partial charge in [0.15, 0.2) is 0 Å². The fourth-order valence-corrected chi connectivity index (χ4v) is 4.44. The van der Waals surface area contributed by atoms with Crippen LogP contribution < -0.4 is 16.4 Å². The predicted molar refractivity (Wildman–Crippen MR) is 96.3 cm³/mol. The van der Waals surface area contributed by atoms with Gasteiger partial charge in [-0.25, -0.2) is 4.79 Å². The molecule has 1 spiro atoms. The highest BCUT2D eigenvalue weighted by Crippen LogP contribution is 2.35. The summed E-state index contributed by atoms with van der Waals surface area (Å²) < 4.78 is 0. The molecule has 4 amide bonds. The number of hydrogen-bond donors (Lipinski definition) is 3. The largest absolute Gasteiger partial charge is 0.350 e. The third kappa shape index (κ3) is 4.08. The van der Waals surface area contributed by atoms with E-state index in [1.165, 1.54) is 19.3 Å². The van der Waals surface area contributed by atoms with Gasteiger partial charge in [0.2, 0.25) is 5.91 Å². The predicted octanol–water partition coefficient (Wildman–Crippen LogP) is 1.30. The van der Waals surface area contributed by atoms with E-state index in [2.05, 4.69) is 10.6 Å². The normalized spacial score (nSPS) is 24.1. The average Bonchev–Trinajstić information content (AvgIpc) is 3.15. The number of nitrogens with one attached hydrogen (secondary N) is 2. The molecule has 2 saturated carbocycles. The number of imide groups is 1. The number of halogens is 1. The SMILES string of the molecule is Cl.NCC(NC(=O)CN1C(=O)NC2(CCCC2)C1=O)C1CCCCC1. The van der Waals surface area contributed by atoms with Crippen LogP contribution in [0.1, 0.15) is 57.8 Å². The van der Waals surface area contributed by atoms with E-state index >= 15 is 0 Å². The van der Waals surface area contributed by atoms with Gasteiger partial charge < -0.3 is 16.4 Å². The second-order valence-corrected chi connectivity index (χ2v) is 7.42. The summed E-state index contributed by atoms with van der Waals surface area (Å²) in [4.78, 5) is 38.1. The number of carbonyl (C=O) groups is 3. The minimum Gasteiger partial charge on any atom is -0.350 e. The summed E-state index contributed by atoms with van der Waals surface area (Å²) in [6.07, 6.45) is 8.95. The highest BCUT2D eigenvalue weighted by atomic mass is 35.5. The lowest BCUT2D eigenvalue weighted by molar-refractivity contribution is -0.135. The molecule has 3 aliphatic rings. The van der Waals surface area contributed by atoms with Gasteiger partial charge >= 0.3 is 6.03 Å². The Bertz CT molecular complexity index is 516. The second-order valence-electron chi connectivity index (χ2n) is 7.42. The van der Waals surface area contributed by atoms with Crippen LogP contribution in [-0.4, -0.2) is 47.4 Å². The van der Waals surface area contributed by atoms with Crippen LogP contribution in [0.25, 0.3) is 0 Å². The van der Waals surface area contributed by atoms with E-state index < -0.39 is 11.6 Å². The fraction of sp³-hybridized carbons (Fsp3) is 0.824. The van der Waals surface area contributed by atoms with E-state index in [0.717, 1.165) is 30.6 Å². The Morgan fingerprint density at radius 2 is 1.84 bits per heavy atom. The molecule has 2 aliphatic carbocycles. The smallest absolute Gasteiger partial charge is 0.325 e. The second kappa shape index (κ2) is 8.36. The van der Waals surface area contributed by atoms with Crippen molar-refractivity contribution in [2.75, 3.05) is 13.1 Å². The van der Waals surface area contributed by atoms with Crippen LogP contribution in [0, 0.1) is 5.92 Å². The van der Waals surface area contributed by atoms with Gasteiger partial charge in [-0.3, -0.25) is 14.5 Å². The molecule has 1 atom stereocenters. The first-order chi connectivity index (χ1) is 11.6. The molecule has 3 fully saturated rings. The number of urea groups is 1. The Morgan fingerprint density at radius 1 is 1.20 bits per heavy atom. The molecule has 8 heteroatoms. The number of nitrogens with zero attached hydrogens (tertiary/aromatic N) is 1. The van der Waals surface area contributed by atoms with Crippen LogP contribution in [0.3, 0.4) is 0 Å². The van der Waals surface area contributed by atoms with Crippen molar-refractivity contribution in [1.82, 2.24) is 15.5 Å². The Morgan fingerprint density at radius 3 is 2.44 bits per heavy atom. The Hall–Kier alpha value is -1.34. The highest BCUT2D eigenvalue weighted by Gasteiger charge is 2.52. The molecule has 1 heterocycles. The van der Waals surface area contributed by atoms with Gasteiger partial charge in [-0.15, -0.1) is 12.4 Å². The first kappa shape index (κ1) is 20.0. The van der Waals surface area contributed by atoms with Gasteiger partial charge in [-0.1, -0.05) is 32.1 Å². The number of nitrogens with two attached hydrogens (primary N) is 1. The summed E-state index contributed by atoms with van der Waals surface area (Å²) >= 11 is 0. The average molecular weight is 373 g/mol. The third-order valence-electron chi connectivity index (χ3n) is 5.82. The van der Waals surface area contributed by atoms with Crippen LogP contribution in [0.2, 0.25) is 0 Å². The van der Waals surface area contributed by atoms with E-state index in [4.69, 9.17) is 5.73 Å². The van der Waals surface area contributed by atoms with Crippen molar-refractivity contribution in [1.29, 1.82) is 0 Å². The van der Waals surface area contributed by atoms with E-state index in [-0.39, 0.29) is 36.8 Å². The summed E-state index contributed by atoms with van der Waals surface area (Å²) in [5, 5.41) is 5.74. The van der Waals surface area contributed by atoms with Crippen molar-refractivity contribution in [3.8, 4) is 0 Å². The summed E-state index contributed by atoms with van der Waals surface area (Å²) in [5.41, 5.74) is 5.08. The van der Waals surface area contributed by atoms with Crippen molar-refractivity contribution in [2.45, 2.75) is 69.4 Å². The molecule has 0 aromatic heterocycles. The van der Waals surface area contributed by atoms with Crippen molar-refractivity contribution >= 4 is 30.3 Å². The molecule has 1 unspecified atom stereocenters. The Labute approximate surface area is 154 Å². The van der Waals surface area contributed by atoms with Crippen molar-refractivity contribution < 1.29 is 14.4 Å². The van der Waals surface area contributed by atoms with Crippen LogP contribution in [-0.2, 0) is 9.59 Å². The zero-order valence-corrected chi connectivity index (χ0v) is 15.4. The first-order valence-electron chi connectivity index (χ1n) is 9.19. The lowest BCUT2D eigenvalue weighted by atomic mass is 9.84. The minimum atomic E-state index is -0.756. The van der Waals surface area contributed by atoms with Gasteiger partial charge in [0.25, 0.3) is 5.91 Å². The lowest BCUT2D eigenvalue weighted by Gasteiger charge is -2.30. The quantitative estimate of drug-likeness (QED) is 0.632. The van der Waals surface area contributed by atoms with Gasteiger partial charge in [-0.05, 0) is 31.6 Å². The number of hydrogen-bond acceptors (Lipinski definition) is 4. The molecule has 0 aromatic rings. The zero-order chi connectivity index (χ0) is 17.2. The topological polar surface area (TPSA) is 105 Å². The minimum absolute atomic E-state index is 0. The molecule has 1 saturated heterocycles. The van der Waals surface area contributed by atoms with Crippen LogP contribution in [0.4, 0.5) is 4.79 Å². The van der Waals surface area contributed by atoms with Gasteiger partial charge in [0, 0.05) is 12.6 Å². The molecule has 4 N–H and O–H groups in total. The van der Waals surface area contributed by atoms with Crippen molar-refractivity contribution in [2.24, 2.45) is 11.7 Å². The van der Waals surface area contributed by atoms with Crippen molar-refractivity contribution in [3.05, 3.63) is 0 Å². The summed E-state index contributed by atoms with van der Waals surface area (Å²) in [5.74, 6) is -0.145. The van der Waals surface area contributed by atoms with Gasteiger partial charge in [-0.2, -0.15) is 0 Å². The number of carbonyl (C=O) groups excluding carboxylic acids is 3. The summed E-state index contributed by atoms with van der Waals surface area (Å²) in [6.45, 7) is 0.177. The third-order valence-corrected chi connectivity index (χ3v) is 5.82. The van der Waals surface area contributed by atoms with E-state index in [1.54, 1.807) is 0 Å². The van der Waals surface area contributed by atoms with E-state index in [0.29, 0.717) is 25.3 Å². The maximum absolute atomic E-state index is 12.6. The lowest BCUT2D eigenvalue weighted by Crippen LogP contribution is -2.50. The molecule has 0 aromatic carbocycles. The molecule has 25 heavy (non-hydrogen) atoms. The van der Waals surface area contributed by atoms with Crippen LogP contribution in [0.5, 0.6) is 0 Å². The van der Waals surface area contributed by atoms with Crippen LogP contribution >= 0.6 is 12.4 Å². The molecule has 1 aliphatic heterocycles. The van der Waals surface area contributed by atoms with Gasteiger partial charge in [0.05, 0.1) is 0 Å².